The predicted octanol–water partition coefficient (Wildman–Crippen LogP) is 3.99. The summed E-state index contributed by atoms with van der Waals surface area (Å²) < 4.78 is 28.9. The molecule has 1 saturated heterocycles. The zero-order chi connectivity index (χ0) is 22.6. The van der Waals surface area contributed by atoms with Gasteiger partial charge in [-0.05, 0) is 48.2 Å². The fourth-order valence-corrected chi connectivity index (χ4v) is 4.81. The monoisotopic (exact) mass is 452 g/mol. The standard InChI is InChI=1S/C25H28N2O4S/c1-32(29,30)23-11-9-21(10-12-23)19-27(25(28)24-8-5-17-31-24)22-13-15-26(16-14-22)18-20-6-3-2-4-7-20/h2-12,17,22H,13-16,18-19H2,1H3. The van der Waals surface area contributed by atoms with E-state index in [4.69, 9.17) is 4.42 Å². The van der Waals surface area contributed by atoms with Crippen molar-refractivity contribution in [3.05, 3.63) is 89.9 Å². The molecule has 0 unspecified atom stereocenters. The summed E-state index contributed by atoms with van der Waals surface area (Å²) in [5, 5.41) is 0. The van der Waals surface area contributed by atoms with Gasteiger partial charge >= 0.3 is 0 Å². The van der Waals surface area contributed by atoms with Crippen molar-refractivity contribution in [2.75, 3.05) is 19.3 Å². The summed E-state index contributed by atoms with van der Waals surface area (Å²) in [5.41, 5.74) is 2.18. The number of benzene rings is 2. The van der Waals surface area contributed by atoms with E-state index in [0.717, 1.165) is 38.0 Å². The van der Waals surface area contributed by atoms with E-state index in [1.807, 2.05) is 11.0 Å². The van der Waals surface area contributed by atoms with E-state index in [-0.39, 0.29) is 16.8 Å². The van der Waals surface area contributed by atoms with Crippen molar-refractivity contribution in [2.45, 2.75) is 36.9 Å². The van der Waals surface area contributed by atoms with Crippen LogP contribution in [0.25, 0.3) is 0 Å². The minimum Gasteiger partial charge on any atom is -0.459 e. The number of carbonyl (C=O) groups excluding carboxylic acids is 1. The Morgan fingerprint density at radius 2 is 1.66 bits per heavy atom. The number of carbonyl (C=O) groups is 1. The molecule has 7 heteroatoms. The Labute approximate surface area is 189 Å². The number of likely N-dealkylation sites (tertiary alicyclic amines) is 1. The van der Waals surface area contributed by atoms with Crippen molar-refractivity contribution in [3.63, 3.8) is 0 Å². The van der Waals surface area contributed by atoms with Crippen LogP contribution in [0.4, 0.5) is 0 Å². The van der Waals surface area contributed by atoms with Gasteiger partial charge in [0.05, 0.1) is 11.2 Å². The van der Waals surface area contributed by atoms with Crippen LogP contribution in [0.5, 0.6) is 0 Å². The first kappa shape index (κ1) is 22.3. The molecular weight excluding hydrogens is 424 g/mol. The van der Waals surface area contributed by atoms with Crippen LogP contribution in [-0.2, 0) is 22.9 Å². The number of hydrogen-bond acceptors (Lipinski definition) is 5. The minimum absolute atomic E-state index is 0.0919. The van der Waals surface area contributed by atoms with Crippen LogP contribution in [0.1, 0.15) is 34.5 Å². The van der Waals surface area contributed by atoms with Crippen LogP contribution < -0.4 is 0 Å². The second-order valence-corrected chi connectivity index (χ2v) is 10.3. The van der Waals surface area contributed by atoms with Gasteiger partial charge in [-0.3, -0.25) is 9.69 Å². The van der Waals surface area contributed by atoms with E-state index in [1.54, 1.807) is 36.4 Å². The lowest BCUT2D eigenvalue weighted by Crippen LogP contribution is -2.46. The average Bonchev–Trinajstić information content (AvgIpc) is 3.33. The number of amides is 1. The van der Waals surface area contributed by atoms with Gasteiger partial charge in [0.25, 0.3) is 5.91 Å². The van der Waals surface area contributed by atoms with Crippen molar-refractivity contribution in [3.8, 4) is 0 Å². The third-order valence-corrected chi connectivity index (χ3v) is 7.07. The first-order valence-corrected chi connectivity index (χ1v) is 12.7. The van der Waals surface area contributed by atoms with Gasteiger partial charge in [0.2, 0.25) is 0 Å². The van der Waals surface area contributed by atoms with Gasteiger partial charge in [0.15, 0.2) is 15.6 Å². The largest absolute Gasteiger partial charge is 0.459 e. The first-order chi connectivity index (χ1) is 15.4. The molecule has 1 fully saturated rings. The zero-order valence-corrected chi connectivity index (χ0v) is 19.0. The molecule has 1 aliphatic heterocycles. The summed E-state index contributed by atoms with van der Waals surface area (Å²) in [4.78, 5) is 17.8. The number of sulfone groups is 1. The summed E-state index contributed by atoms with van der Waals surface area (Å²) in [6.45, 7) is 3.14. The molecule has 0 spiro atoms. The van der Waals surface area contributed by atoms with Gasteiger partial charge in [-0.15, -0.1) is 0 Å². The third-order valence-electron chi connectivity index (χ3n) is 5.94. The third kappa shape index (κ3) is 5.47. The van der Waals surface area contributed by atoms with Gasteiger partial charge in [-0.1, -0.05) is 42.5 Å². The quantitative estimate of drug-likeness (QED) is 0.542. The van der Waals surface area contributed by atoms with Crippen molar-refractivity contribution in [2.24, 2.45) is 0 Å². The highest BCUT2D eigenvalue weighted by molar-refractivity contribution is 7.90. The molecule has 32 heavy (non-hydrogen) atoms. The number of nitrogens with zero attached hydrogens (tertiary/aromatic N) is 2. The van der Waals surface area contributed by atoms with Crippen LogP contribution in [0, 0.1) is 0 Å². The van der Waals surface area contributed by atoms with Gasteiger partial charge in [-0.2, -0.15) is 0 Å². The van der Waals surface area contributed by atoms with Crippen molar-refractivity contribution < 1.29 is 17.6 Å². The molecular formula is C25H28N2O4S. The molecule has 4 rings (SSSR count). The molecule has 1 aliphatic rings. The molecule has 1 amide bonds. The fourth-order valence-electron chi connectivity index (χ4n) is 4.18. The zero-order valence-electron chi connectivity index (χ0n) is 18.2. The lowest BCUT2D eigenvalue weighted by Gasteiger charge is -2.38. The van der Waals surface area contributed by atoms with E-state index in [0.29, 0.717) is 12.3 Å². The molecule has 1 aromatic heterocycles. The van der Waals surface area contributed by atoms with Gasteiger partial charge in [-0.25, -0.2) is 8.42 Å². The Morgan fingerprint density at radius 3 is 2.25 bits per heavy atom. The maximum atomic E-state index is 13.2. The second-order valence-electron chi connectivity index (χ2n) is 8.32. The Morgan fingerprint density at radius 1 is 0.969 bits per heavy atom. The van der Waals surface area contributed by atoms with Crippen LogP contribution in [0.3, 0.4) is 0 Å². The molecule has 3 aromatic rings. The number of piperidine rings is 1. The molecule has 0 atom stereocenters. The normalized spacial score (nSPS) is 15.5. The van der Waals surface area contributed by atoms with E-state index in [9.17, 15) is 13.2 Å². The fraction of sp³-hybridized carbons (Fsp3) is 0.320. The van der Waals surface area contributed by atoms with Crippen LogP contribution >= 0.6 is 0 Å². The first-order valence-electron chi connectivity index (χ1n) is 10.8. The van der Waals surface area contributed by atoms with E-state index >= 15 is 0 Å². The van der Waals surface area contributed by atoms with Crippen LogP contribution in [0.15, 0.2) is 82.3 Å². The highest BCUT2D eigenvalue weighted by Gasteiger charge is 2.30. The number of hydrogen-bond donors (Lipinski definition) is 0. The van der Waals surface area contributed by atoms with E-state index in [1.165, 1.54) is 18.1 Å². The summed E-state index contributed by atoms with van der Waals surface area (Å²) in [7, 11) is -3.25. The van der Waals surface area contributed by atoms with Crippen molar-refractivity contribution in [1.29, 1.82) is 0 Å². The maximum Gasteiger partial charge on any atom is 0.290 e. The lowest BCUT2D eigenvalue weighted by atomic mass is 10.0. The van der Waals surface area contributed by atoms with Crippen molar-refractivity contribution in [1.82, 2.24) is 9.80 Å². The molecule has 2 aromatic carbocycles. The predicted molar refractivity (Wildman–Crippen MR) is 123 cm³/mol. The summed E-state index contributed by atoms with van der Waals surface area (Å²) in [6.07, 6.45) is 4.45. The summed E-state index contributed by atoms with van der Waals surface area (Å²) in [5.74, 6) is 0.188. The molecule has 168 valence electrons. The van der Waals surface area contributed by atoms with Gasteiger partial charge < -0.3 is 9.32 Å². The maximum absolute atomic E-state index is 13.2. The van der Waals surface area contributed by atoms with E-state index < -0.39 is 9.84 Å². The van der Waals surface area contributed by atoms with Crippen molar-refractivity contribution >= 4 is 15.7 Å². The minimum atomic E-state index is -3.25. The molecule has 2 heterocycles. The van der Waals surface area contributed by atoms with E-state index in [2.05, 4.69) is 29.2 Å². The Kier molecular flexibility index (Phi) is 6.77. The molecule has 6 nitrogen and oxygen atoms in total. The van der Waals surface area contributed by atoms with Crippen LogP contribution in [-0.4, -0.2) is 49.5 Å². The molecule has 0 radical (unpaired) electrons. The highest BCUT2D eigenvalue weighted by atomic mass is 32.2. The van der Waals surface area contributed by atoms with Crippen LogP contribution in [0.2, 0.25) is 0 Å². The van der Waals surface area contributed by atoms with Gasteiger partial charge in [0.1, 0.15) is 0 Å². The number of rotatable bonds is 7. The highest BCUT2D eigenvalue weighted by Crippen LogP contribution is 2.23. The average molecular weight is 453 g/mol. The molecule has 0 N–H and O–H groups in total. The summed E-state index contributed by atoms with van der Waals surface area (Å²) in [6, 6.07) is 20.7. The Hall–Kier alpha value is -2.90. The van der Waals surface area contributed by atoms with Gasteiger partial charge in [0, 0.05) is 38.5 Å². The molecule has 0 saturated carbocycles. The Balaban J connectivity index is 1.47. The smallest absolute Gasteiger partial charge is 0.290 e. The number of furan rings is 1. The summed E-state index contributed by atoms with van der Waals surface area (Å²) >= 11 is 0. The molecule has 0 aliphatic carbocycles. The topological polar surface area (TPSA) is 70.8 Å². The molecule has 0 bridgehead atoms. The SMILES string of the molecule is CS(=O)(=O)c1ccc(CN(C(=O)c2ccco2)C2CCN(Cc3ccccc3)CC2)cc1. The Bertz CT molecular complexity index is 1120. The second kappa shape index (κ2) is 9.71. The lowest BCUT2D eigenvalue weighted by molar-refractivity contribution is 0.0512.